The van der Waals surface area contributed by atoms with Crippen LogP contribution >= 0.6 is 11.3 Å². The van der Waals surface area contributed by atoms with E-state index in [0.29, 0.717) is 28.9 Å². The average Bonchev–Trinajstić information content (AvgIpc) is 3.17. The first kappa shape index (κ1) is 14.5. The van der Waals surface area contributed by atoms with Crippen molar-refractivity contribution in [2.75, 3.05) is 18.4 Å². The minimum atomic E-state index is -0.891. The molecule has 0 aliphatic carbocycles. The van der Waals surface area contributed by atoms with Crippen LogP contribution in [0.2, 0.25) is 0 Å². The Labute approximate surface area is 129 Å². The third kappa shape index (κ3) is 2.67. The molecule has 2 aromatic heterocycles. The highest BCUT2D eigenvalue weighted by Gasteiger charge is 2.42. The minimum absolute atomic E-state index is 0.179. The van der Waals surface area contributed by atoms with Crippen LogP contribution in [0.4, 0.5) is 9.93 Å². The van der Waals surface area contributed by atoms with Gasteiger partial charge in [-0.15, -0.1) is 10.2 Å². The molecule has 116 valence electrons. The largest absolute Gasteiger partial charge is 0.481 e. The van der Waals surface area contributed by atoms with Crippen molar-refractivity contribution in [3.63, 3.8) is 0 Å². The number of aliphatic carboxylic acids is 1. The van der Waals surface area contributed by atoms with E-state index in [1.807, 2.05) is 0 Å². The van der Waals surface area contributed by atoms with Gasteiger partial charge in [-0.1, -0.05) is 11.3 Å². The molecule has 1 aliphatic heterocycles. The molecule has 1 unspecified atom stereocenters. The van der Waals surface area contributed by atoms with Crippen LogP contribution in [0.15, 0.2) is 22.8 Å². The van der Waals surface area contributed by atoms with E-state index in [1.54, 1.807) is 19.1 Å². The SMILES string of the molecule is CC1(C(=O)O)CCN(C(=O)Nc2nnc(-c3ccco3)s2)C1. The van der Waals surface area contributed by atoms with Gasteiger partial charge in [0.15, 0.2) is 10.8 Å². The number of carbonyl (C=O) groups excluding carboxylic acids is 1. The molecule has 2 aromatic rings. The smallest absolute Gasteiger partial charge is 0.323 e. The van der Waals surface area contributed by atoms with E-state index in [2.05, 4.69) is 15.5 Å². The van der Waals surface area contributed by atoms with Crippen LogP contribution in [0.25, 0.3) is 10.8 Å². The zero-order valence-electron chi connectivity index (χ0n) is 11.8. The van der Waals surface area contributed by atoms with Gasteiger partial charge in [0, 0.05) is 13.1 Å². The Balaban J connectivity index is 1.65. The summed E-state index contributed by atoms with van der Waals surface area (Å²) in [5.41, 5.74) is -0.891. The quantitative estimate of drug-likeness (QED) is 0.896. The maximum absolute atomic E-state index is 12.2. The summed E-state index contributed by atoms with van der Waals surface area (Å²) in [4.78, 5) is 24.8. The Hall–Kier alpha value is -2.42. The summed E-state index contributed by atoms with van der Waals surface area (Å²) in [5, 5.41) is 20.6. The van der Waals surface area contributed by atoms with E-state index in [1.165, 1.54) is 22.5 Å². The van der Waals surface area contributed by atoms with Gasteiger partial charge >= 0.3 is 12.0 Å². The van der Waals surface area contributed by atoms with Gasteiger partial charge in [0.25, 0.3) is 0 Å². The molecular weight excluding hydrogens is 308 g/mol. The Morgan fingerprint density at radius 2 is 2.32 bits per heavy atom. The monoisotopic (exact) mass is 322 g/mol. The van der Waals surface area contributed by atoms with Crippen LogP contribution in [0.5, 0.6) is 0 Å². The first-order chi connectivity index (χ1) is 10.5. The zero-order chi connectivity index (χ0) is 15.7. The number of hydrogen-bond acceptors (Lipinski definition) is 6. The number of hydrogen-bond donors (Lipinski definition) is 2. The number of carboxylic acid groups (broad SMARTS) is 1. The van der Waals surface area contributed by atoms with E-state index in [0.717, 1.165) is 0 Å². The van der Waals surface area contributed by atoms with Crippen molar-refractivity contribution in [2.45, 2.75) is 13.3 Å². The summed E-state index contributed by atoms with van der Waals surface area (Å²) >= 11 is 1.19. The molecule has 8 nitrogen and oxygen atoms in total. The second-order valence-electron chi connectivity index (χ2n) is 5.36. The van der Waals surface area contributed by atoms with E-state index in [-0.39, 0.29) is 12.6 Å². The molecule has 0 bridgehead atoms. The molecule has 0 saturated carbocycles. The number of likely N-dealkylation sites (tertiary alicyclic amines) is 1. The third-order valence-electron chi connectivity index (χ3n) is 3.65. The average molecular weight is 322 g/mol. The fourth-order valence-electron chi connectivity index (χ4n) is 2.25. The standard InChI is InChI=1S/C13H14N4O4S/c1-13(10(18)19)4-5-17(7-13)12(20)14-11-16-15-9(22-11)8-3-2-6-21-8/h2-3,6H,4-5,7H2,1H3,(H,18,19)(H,14,16,20). The molecule has 0 aromatic carbocycles. The van der Waals surface area contributed by atoms with Crippen LogP contribution in [0.1, 0.15) is 13.3 Å². The van der Waals surface area contributed by atoms with Crippen molar-refractivity contribution >= 4 is 28.5 Å². The summed E-state index contributed by atoms with van der Waals surface area (Å²) in [6, 6.07) is 3.13. The second kappa shape index (κ2) is 5.41. The van der Waals surface area contributed by atoms with Gasteiger partial charge < -0.3 is 14.4 Å². The Kier molecular flexibility index (Phi) is 3.57. The number of urea groups is 1. The second-order valence-corrected chi connectivity index (χ2v) is 6.33. The fraction of sp³-hybridized carbons (Fsp3) is 0.385. The first-order valence-electron chi connectivity index (χ1n) is 6.65. The Morgan fingerprint density at radius 1 is 1.50 bits per heavy atom. The van der Waals surface area contributed by atoms with Gasteiger partial charge in [0.2, 0.25) is 5.13 Å². The normalized spacial score (nSPS) is 21.0. The molecule has 22 heavy (non-hydrogen) atoms. The van der Waals surface area contributed by atoms with Crippen LogP contribution in [-0.2, 0) is 4.79 Å². The lowest BCUT2D eigenvalue weighted by atomic mass is 9.90. The number of anilines is 1. The summed E-state index contributed by atoms with van der Waals surface area (Å²) in [5.74, 6) is -0.309. The van der Waals surface area contributed by atoms with Gasteiger partial charge in [-0.05, 0) is 25.5 Å². The molecule has 9 heteroatoms. The summed E-state index contributed by atoms with van der Waals surface area (Å²) in [6.45, 7) is 2.22. The maximum Gasteiger partial charge on any atom is 0.323 e. The predicted molar refractivity (Wildman–Crippen MR) is 78.6 cm³/mol. The number of furan rings is 1. The highest BCUT2D eigenvalue weighted by Crippen LogP contribution is 2.31. The molecule has 2 amide bonds. The fourth-order valence-corrected chi connectivity index (χ4v) is 2.95. The van der Waals surface area contributed by atoms with Gasteiger partial charge in [-0.3, -0.25) is 10.1 Å². The highest BCUT2D eigenvalue weighted by molar-refractivity contribution is 7.18. The molecule has 3 heterocycles. The molecule has 1 aliphatic rings. The van der Waals surface area contributed by atoms with Crippen molar-refractivity contribution in [3.8, 4) is 10.8 Å². The van der Waals surface area contributed by atoms with Crippen molar-refractivity contribution in [2.24, 2.45) is 5.41 Å². The van der Waals surface area contributed by atoms with Crippen LogP contribution in [0, 0.1) is 5.41 Å². The molecule has 3 rings (SSSR count). The van der Waals surface area contributed by atoms with Crippen LogP contribution in [-0.4, -0.2) is 45.3 Å². The van der Waals surface area contributed by atoms with E-state index >= 15 is 0 Å². The van der Waals surface area contributed by atoms with Crippen molar-refractivity contribution in [1.82, 2.24) is 15.1 Å². The maximum atomic E-state index is 12.2. The number of nitrogens with one attached hydrogen (secondary N) is 1. The Bertz CT molecular complexity index is 699. The number of carbonyl (C=O) groups is 2. The minimum Gasteiger partial charge on any atom is -0.481 e. The highest BCUT2D eigenvalue weighted by atomic mass is 32.1. The summed E-state index contributed by atoms with van der Waals surface area (Å²) in [7, 11) is 0. The molecule has 2 N–H and O–H groups in total. The Morgan fingerprint density at radius 3 is 2.95 bits per heavy atom. The molecule has 1 atom stereocenters. The van der Waals surface area contributed by atoms with Crippen LogP contribution < -0.4 is 5.32 Å². The van der Waals surface area contributed by atoms with Gasteiger partial charge in [0.05, 0.1) is 11.7 Å². The van der Waals surface area contributed by atoms with Gasteiger partial charge in [-0.25, -0.2) is 4.79 Å². The van der Waals surface area contributed by atoms with Gasteiger partial charge in [0.1, 0.15) is 0 Å². The first-order valence-corrected chi connectivity index (χ1v) is 7.46. The topological polar surface area (TPSA) is 109 Å². The lowest BCUT2D eigenvalue weighted by Crippen LogP contribution is -2.37. The van der Waals surface area contributed by atoms with Crippen molar-refractivity contribution in [3.05, 3.63) is 18.4 Å². The van der Waals surface area contributed by atoms with E-state index in [9.17, 15) is 14.7 Å². The number of rotatable bonds is 3. The van der Waals surface area contributed by atoms with Crippen molar-refractivity contribution < 1.29 is 19.1 Å². The van der Waals surface area contributed by atoms with Crippen LogP contribution in [0.3, 0.4) is 0 Å². The summed E-state index contributed by atoms with van der Waals surface area (Å²) in [6.07, 6.45) is 1.97. The summed E-state index contributed by atoms with van der Waals surface area (Å²) < 4.78 is 5.21. The zero-order valence-corrected chi connectivity index (χ0v) is 12.6. The number of nitrogens with zero attached hydrogens (tertiary/aromatic N) is 3. The molecule has 0 radical (unpaired) electrons. The molecular formula is C13H14N4O4S. The van der Waals surface area contributed by atoms with E-state index in [4.69, 9.17) is 4.42 Å². The number of aromatic nitrogens is 2. The number of carboxylic acids is 1. The third-order valence-corrected chi connectivity index (χ3v) is 4.50. The molecule has 1 saturated heterocycles. The van der Waals surface area contributed by atoms with Gasteiger partial charge in [-0.2, -0.15) is 0 Å². The molecule has 1 fully saturated rings. The number of amides is 2. The van der Waals surface area contributed by atoms with Crippen molar-refractivity contribution in [1.29, 1.82) is 0 Å². The molecule has 0 spiro atoms. The predicted octanol–water partition coefficient (Wildman–Crippen LogP) is 2.13. The lowest BCUT2D eigenvalue weighted by molar-refractivity contribution is -0.146. The van der Waals surface area contributed by atoms with E-state index < -0.39 is 11.4 Å². The lowest BCUT2D eigenvalue weighted by Gasteiger charge is -2.19.